The van der Waals surface area contributed by atoms with Gasteiger partial charge in [-0.3, -0.25) is 0 Å². The fourth-order valence-electron chi connectivity index (χ4n) is 11.3. The number of rotatable bonds is 2. The molecule has 0 bridgehead atoms. The highest BCUT2D eigenvalue weighted by molar-refractivity contribution is 7.26. The van der Waals surface area contributed by atoms with Crippen molar-refractivity contribution in [2.24, 2.45) is 0 Å². The van der Waals surface area contributed by atoms with Crippen molar-refractivity contribution >= 4 is 78.0 Å². The van der Waals surface area contributed by atoms with Crippen LogP contribution in [0.15, 0.2) is 78.9 Å². The third kappa shape index (κ3) is 5.69. The van der Waals surface area contributed by atoms with Crippen LogP contribution in [0.3, 0.4) is 0 Å². The highest BCUT2D eigenvalue weighted by Gasteiger charge is 2.48. The van der Waals surface area contributed by atoms with E-state index < -0.39 is 0 Å². The highest BCUT2D eigenvalue weighted by atomic mass is 32.1. The summed E-state index contributed by atoms with van der Waals surface area (Å²) in [6.45, 7) is 30.6. The third-order valence-corrected chi connectivity index (χ3v) is 16.3. The minimum Gasteiger partial charge on any atom is -0.311 e. The molecular weight excluding hydrogens is 738 g/mol. The standard InChI is InChI=1S/C54H60BFN2S/c1-31-14-19-46-36(24-31)47-49(59-46)58(42-18-15-33(25-32(42)2)50(3,4)5)45-27-34(56)26-44-48(45)55(47)41-29-39-40(54(12,13)23-22-53(39,10)11)30-43(41)57(44)35-16-17-37-38(28-35)52(8,9)21-20-51(37,6)7/h14-19,24-30H,20-23H2,1-13H3. The molecule has 0 atom stereocenters. The molecule has 10 rings (SSSR count). The molecule has 2 aliphatic heterocycles. The van der Waals surface area contributed by atoms with Crippen molar-refractivity contribution in [3.8, 4) is 0 Å². The van der Waals surface area contributed by atoms with E-state index >= 15 is 4.39 Å². The van der Waals surface area contributed by atoms with Gasteiger partial charge in [-0.05, 0) is 164 Å². The summed E-state index contributed by atoms with van der Waals surface area (Å²) >= 11 is 1.85. The van der Waals surface area contributed by atoms with Gasteiger partial charge in [-0.2, -0.15) is 0 Å². The van der Waals surface area contributed by atoms with E-state index in [9.17, 15) is 0 Å². The van der Waals surface area contributed by atoms with Gasteiger partial charge in [0.2, 0.25) is 0 Å². The van der Waals surface area contributed by atoms with Crippen molar-refractivity contribution < 1.29 is 4.39 Å². The Bertz CT molecular complexity index is 2780. The zero-order valence-electron chi connectivity index (χ0n) is 37.6. The summed E-state index contributed by atoms with van der Waals surface area (Å²) in [5.41, 5.74) is 18.8. The first-order chi connectivity index (χ1) is 27.6. The number of hydrogen-bond donors (Lipinski definition) is 0. The first-order valence-corrected chi connectivity index (χ1v) is 22.8. The first-order valence-electron chi connectivity index (χ1n) is 22.0. The molecule has 3 heterocycles. The summed E-state index contributed by atoms with van der Waals surface area (Å²) < 4.78 is 18.2. The van der Waals surface area contributed by atoms with Gasteiger partial charge in [-0.15, -0.1) is 11.3 Å². The summed E-state index contributed by atoms with van der Waals surface area (Å²) in [6, 6.07) is 29.9. The minimum absolute atomic E-state index is 0.0122. The lowest BCUT2D eigenvalue weighted by molar-refractivity contribution is 0.332. The van der Waals surface area contributed by atoms with Crippen LogP contribution in [0.5, 0.6) is 0 Å². The fraction of sp³-hybridized carbons (Fsp3) is 0.407. The fourth-order valence-corrected chi connectivity index (χ4v) is 12.5. The summed E-state index contributed by atoms with van der Waals surface area (Å²) in [4.78, 5) is 4.88. The number of nitrogens with zero attached hydrogens (tertiary/aromatic N) is 2. The Kier molecular flexibility index (Phi) is 8.14. The van der Waals surface area contributed by atoms with E-state index in [1.54, 1.807) is 0 Å². The molecule has 0 amide bonds. The second-order valence-electron chi connectivity index (χ2n) is 22.3. The SMILES string of the molecule is Cc1ccc2sc3c(c2c1)B1c2cc4c(cc2N(c2ccc5c(c2)C(C)(C)CCC5(C)C)c2cc(F)cc(c21)N3c1ccc(C(C)(C)C)cc1C)C(C)(C)CCC4(C)C. The predicted molar refractivity (Wildman–Crippen MR) is 255 cm³/mol. The monoisotopic (exact) mass is 798 g/mol. The Morgan fingerprint density at radius 2 is 1.17 bits per heavy atom. The summed E-state index contributed by atoms with van der Waals surface area (Å²) in [5.74, 6) is -0.209. The summed E-state index contributed by atoms with van der Waals surface area (Å²) in [6.07, 6.45) is 4.58. The lowest BCUT2D eigenvalue weighted by Crippen LogP contribution is -2.61. The van der Waals surface area contributed by atoms with Crippen LogP contribution in [0, 0.1) is 19.7 Å². The van der Waals surface area contributed by atoms with Gasteiger partial charge in [0.25, 0.3) is 6.71 Å². The van der Waals surface area contributed by atoms with E-state index in [-0.39, 0.29) is 39.6 Å². The maximum absolute atomic E-state index is 16.9. The highest BCUT2D eigenvalue weighted by Crippen LogP contribution is 2.54. The minimum atomic E-state index is -0.209. The number of thiophene rings is 1. The van der Waals surface area contributed by atoms with Gasteiger partial charge in [0.05, 0.1) is 5.00 Å². The summed E-state index contributed by atoms with van der Waals surface area (Å²) in [7, 11) is 0. The normalized spacial score (nSPS) is 19.2. The van der Waals surface area contributed by atoms with Gasteiger partial charge < -0.3 is 9.80 Å². The smallest absolute Gasteiger partial charge is 0.254 e. The Labute approximate surface area is 356 Å². The average molecular weight is 799 g/mol. The van der Waals surface area contributed by atoms with Gasteiger partial charge in [0.1, 0.15) is 5.82 Å². The molecule has 0 saturated carbocycles. The predicted octanol–water partition coefficient (Wildman–Crippen LogP) is 13.7. The van der Waals surface area contributed by atoms with Crippen molar-refractivity contribution in [2.45, 2.75) is 143 Å². The number of anilines is 6. The van der Waals surface area contributed by atoms with Gasteiger partial charge in [0, 0.05) is 33.1 Å². The Hall–Kier alpha value is -4.35. The molecule has 0 N–H and O–H groups in total. The molecule has 0 unspecified atom stereocenters. The van der Waals surface area contributed by atoms with E-state index in [2.05, 4.69) is 167 Å². The summed E-state index contributed by atoms with van der Waals surface area (Å²) in [5, 5.41) is 2.50. The molecule has 302 valence electrons. The van der Waals surface area contributed by atoms with E-state index in [0.29, 0.717) is 0 Å². The average Bonchev–Trinajstić information content (AvgIpc) is 3.52. The molecule has 0 spiro atoms. The van der Waals surface area contributed by atoms with Crippen LogP contribution < -0.4 is 26.2 Å². The maximum atomic E-state index is 16.9. The molecule has 4 aliphatic rings. The zero-order valence-corrected chi connectivity index (χ0v) is 38.4. The molecule has 1 aromatic heterocycles. The largest absolute Gasteiger partial charge is 0.311 e. The third-order valence-electron chi connectivity index (χ3n) is 15.2. The van der Waals surface area contributed by atoms with Gasteiger partial charge in [-0.1, -0.05) is 118 Å². The van der Waals surface area contributed by atoms with Gasteiger partial charge >= 0.3 is 0 Å². The number of hydrogen-bond acceptors (Lipinski definition) is 3. The topological polar surface area (TPSA) is 6.48 Å². The van der Waals surface area contributed by atoms with Crippen LogP contribution in [0.25, 0.3) is 10.1 Å². The number of aryl methyl sites for hydroxylation is 2. The molecule has 2 aliphatic carbocycles. The molecule has 59 heavy (non-hydrogen) atoms. The van der Waals surface area contributed by atoms with Crippen LogP contribution in [0.1, 0.15) is 141 Å². The quantitative estimate of drug-likeness (QED) is 0.161. The van der Waals surface area contributed by atoms with E-state index in [1.165, 1.54) is 76.1 Å². The molecule has 5 heteroatoms. The van der Waals surface area contributed by atoms with E-state index in [1.807, 2.05) is 23.5 Å². The van der Waals surface area contributed by atoms with Crippen LogP contribution in [0.4, 0.5) is 37.8 Å². The molecule has 0 saturated heterocycles. The van der Waals surface area contributed by atoms with E-state index in [4.69, 9.17) is 0 Å². The second kappa shape index (κ2) is 12.4. The number of halogens is 1. The van der Waals surface area contributed by atoms with E-state index in [0.717, 1.165) is 48.4 Å². The van der Waals surface area contributed by atoms with Crippen LogP contribution >= 0.6 is 11.3 Å². The van der Waals surface area contributed by atoms with Gasteiger partial charge in [0.15, 0.2) is 0 Å². The lowest BCUT2D eigenvalue weighted by Gasteiger charge is -2.47. The van der Waals surface area contributed by atoms with Crippen LogP contribution in [-0.2, 0) is 27.1 Å². The van der Waals surface area contributed by atoms with Crippen molar-refractivity contribution in [1.29, 1.82) is 0 Å². The first kappa shape index (κ1) is 38.8. The van der Waals surface area contributed by atoms with Crippen molar-refractivity contribution in [1.82, 2.24) is 0 Å². The Morgan fingerprint density at radius 1 is 0.576 bits per heavy atom. The Balaban J connectivity index is 1.34. The molecule has 0 radical (unpaired) electrons. The molecule has 0 fully saturated rings. The van der Waals surface area contributed by atoms with Crippen LogP contribution in [-0.4, -0.2) is 6.71 Å². The number of fused-ring (bicyclic) bond motifs is 8. The molecule has 2 nitrogen and oxygen atoms in total. The second-order valence-corrected chi connectivity index (χ2v) is 23.3. The van der Waals surface area contributed by atoms with Gasteiger partial charge in [-0.25, -0.2) is 4.39 Å². The molecule has 5 aromatic carbocycles. The Morgan fingerprint density at radius 3 is 1.80 bits per heavy atom. The molecule has 6 aromatic rings. The van der Waals surface area contributed by atoms with Crippen molar-refractivity contribution in [3.63, 3.8) is 0 Å². The number of benzene rings is 5. The molecular formula is C54H60BFN2S. The van der Waals surface area contributed by atoms with Crippen molar-refractivity contribution in [2.75, 3.05) is 9.80 Å². The van der Waals surface area contributed by atoms with Crippen LogP contribution in [0.2, 0.25) is 0 Å². The maximum Gasteiger partial charge on any atom is 0.254 e. The zero-order chi connectivity index (χ0) is 41.9. The van der Waals surface area contributed by atoms with Crippen molar-refractivity contribution in [3.05, 3.63) is 124 Å². The lowest BCUT2D eigenvalue weighted by atomic mass is 9.33.